The van der Waals surface area contributed by atoms with Crippen molar-refractivity contribution in [2.24, 2.45) is 0 Å². The largest absolute Gasteiger partial charge is 0.480 e. The molecule has 2 aromatic rings. The predicted molar refractivity (Wildman–Crippen MR) is 80.5 cm³/mol. The number of aromatic amines is 1. The minimum Gasteiger partial charge on any atom is -0.480 e. The average Bonchev–Trinajstić information content (AvgIpc) is 2.43. The molecule has 1 aromatic heterocycles. The zero-order valence-corrected chi connectivity index (χ0v) is 12.1. The summed E-state index contributed by atoms with van der Waals surface area (Å²) in [5.41, 5.74) is -0.220. The second-order valence-electron chi connectivity index (χ2n) is 4.45. The van der Waals surface area contributed by atoms with Crippen LogP contribution in [0.1, 0.15) is 6.92 Å². The molecule has 0 saturated heterocycles. The smallest absolute Gasteiger partial charge is 0.327 e. The Morgan fingerprint density at radius 2 is 2.10 bits per heavy atom. The maximum Gasteiger partial charge on any atom is 0.327 e. The van der Waals surface area contributed by atoms with E-state index < -0.39 is 17.9 Å². The molecule has 110 valence electrons. The normalized spacial score (nSPS) is 12.0. The number of rotatable bonds is 5. The lowest BCUT2D eigenvalue weighted by Crippen LogP contribution is -2.41. The van der Waals surface area contributed by atoms with Crippen molar-refractivity contribution < 1.29 is 14.7 Å². The van der Waals surface area contributed by atoms with Gasteiger partial charge in [-0.15, -0.1) is 11.8 Å². The summed E-state index contributed by atoms with van der Waals surface area (Å²) in [4.78, 5) is 36.6. The number of carboxylic acid groups (broad SMARTS) is 1. The van der Waals surface area contributed by atoms with Gasteiger partial charge in [-0.1, -0.05) is 18.2 Å². The van der Waals surface area contributed by atoms with Crippen LogP contribution in [0.4, 0.5) is 0 Å². The second kappa shape index (κ2) is 6.45. The molecular weight excluding hydrogens is 292 g/mol. The number of hydrogen-bond acceptors (Lipinski definition) is 4. The molecule has 0 unspecified atom stereocenters. The molecule has 1 aromatic carbocycles. The van der Waals surface area contributed by atoms with Crippen molar-refractivity contribution >= 4 is 34.4 Å². The molecule has 0 bridgehead atoms. The Labute approximate surface area is 124 Å². The van der Waals surface area contributed by atoms with Crippen molar-refractivity contribution in [1.82, 2.24) is 10.3 Å². The topological polar surface area (TPSA) is 99.3 Å². The predicted octanol–water partition coefficient (Wildman–Crippen LogP) is 1.21. The third-order valence-electron chi connectivity index (χ3n) is 2.81. The number of hydrogen-bond donors (Lipinski definition) is 3. The van der Waals surface area contributed by atoms with Crippen LogP contribution in [0.5, 0.6) is 0 Å². The molecule has 0 radical (unpaired) electrons. The first-order chi connectivity index (χ1) is 9.97. The quantitative estimate of drug-likeness (QED) is 0.721. The average molecular weight is 306 g/mol. The summed E-state index contributed by atoms with van der Waals surface area (Å²) in [5, 5.41) is 13.3. The molecule has 7 heteroatoms. The fourth-order valence-corrected chi connectivity index (χ4v) is 2.80. The van der Waals surface area contributed by atoms with E-state index in [1.54, 1.807) is 18.2 Å². The van der Waals surface area contributed by atoms with Crippen LogP contribution in [0, 0.1) is 0 Å². The Bertz CT molecular complexity index is 741. The van der Waals surface area contributed by atoms with E-state index in [4.69, 9.17) is 5.11 Å². The van der Waals surface area contributed by atoms with Gasteiger partial charge in [-0.2, -0.15) is 0 Å². The van der Waals surface area contributed by atoms with Crippen LogP contribution in [0.3, 0.4) is 0 Å². The fraction of sp³-hybridized carbons (Fsp3) is 0.214. The van der Waals surface area contributed by atoms with Gasteiger partial charge in [-0.25, -0.2) is 4.79 Å². The third kappa shape index (κ3) is 3.85. The van der Waals surface area contributed by atoms with E-state index in [9.17, 15) is 14.4 Å². The number of aliphatic carboxylic acids is 1. The summed E-state index contributed by atoms with van der Waals surface area (Å²) in [6.07, 6.45) is 0. The molecule has 1 heterocycles. The number of amides is 1. The summed E-state index contributed by atoms with van der Waals surface area (Å²) in [6, 6.07) is 7.93. The van der Waals surface area contributed by atoms with Gasteiger partial charge in [-0.05, 0) is 17.5 Å². The zero-order valence-electron chi connectivity index (χ0n) is 11.3. The highest BCUT2D eigenvalue weighted by Crippen LogP contribution is 2.19. The van der Waals surface area contributed by atoms with Gasteiger partial charge in [0.25, 0.3) is 5.56 Å². The lowest BCUT2D eigenvalue weighted by atomic mass is 10.2. The maximum atomic E-state index is 11.9. The summed E-state index contributed by atoms with van der Waals surface area (Å²) < 4.78 is 0. The maximum absolute atomic E-state index is 11.9. The van der Waals surface area contributed by atoms with Crippen molar-refractivity contribution in [2.45, 2.75) is 18.0 Å². The van der Waals surface area contributed by atoms with Gasteiger partial charge in [0, 0.05) is 18.1 Å². The molecule has 1 amide bonds. The van der Waals surface area contributed by atoms with Crippen LogP contribution in [0.15, 0.2) is 40.2 Å². The molecule has 21 heavy (non-hydrogen) atoms. The number of nitrogens with one attached hydrogen (secondary N) is 2. The van der Waals surface area contributed by atoms with E-state index in [1.807, 2.05) is 12.1 Å². The van der Waals surface area contributed by atoms with E-state index in [-0.39, 0.29) is 11.3 Å². The summed E-state index contributed by atoms with van der Waals surface area (Å²) in [5.74, 6) is -1.39. The summed E-state index contributed by atoms with van der Waals surface area (Å²) in [7, 11) is 0. The summed E-state index contributed by atoms with van der Waals surface area (Å²) >= 11 is 1.18. The first-order valence-electron chi connectivity index (χ1n) is 6.22. The van der Waals surface area contributed by atoms with Crippen LogP contribution in [-0.4, -0.2) is 33.8 Å². The van der Waals surface area contributed by atoms with E-state index in [1.165, 1.54) is 18.7 Å². The van der Waals surface area contributed by atoms with E-state index in [0.717, 1.165) is 5.39 Å². The van der Waals surface area contributed by atoms with Crippen molar-refractivity contribution in [2.75, 3.05) is 5.75 Å². The van der Waals surface area contributed by atoms with Crippen LogP contribution >= 0.6 is 11.8 Å². The monoisotopic (exact) mass is 306 g/mol. The third-order valence-corrected chi connectivity index (χ3v) is 3.84. The molecule has 3 N–H and O–H groups in total. The molecule has 6 nitrogen and oxygen atoms in total. The Morgan fingerprint density at radius 3 is 2.76 bits per heavy atom. The van der Waals surface area contributed by atoms with E-state index in [0.29, 0.717) is 10.4 Å². The number of carbonyl (C=O) groups excluding carboxylic acids is 1. The molecule has 1 atom stereocenters. The molecule has 0 saturated carbocycles. The Morgan fingerprint density at radius 1 is 1.38 bits per heavy atom. The molecule has 0 aliphatic carbocycles. The Balaban J connectivity index is 2.18. The number of pyridine rings is 1. The summed E-state index contributed by atoms with van der Waals surface area (Å²) in [6.45, 7) is 1.26. The number of H-pyrrole nitrogens is 1. The van der Waals surface area contributed by atoms with Crippen molar-refractivity contribution in [1.29, 1.82) is 0 Å². The Hall–Kier alpha value is -2.28. The molecule has 2 rings (SSSR count). The highest BCUT2D eigenvalue weighted by molar-refractivity contribution is 7.99. The van der Waals surface area contributed by atoms with Gasteiger partial charge in [0.1, 0.15) is 6.04 Å². The van der Waals surface area contributed by atoms with Gasteiger partial charge in [-0.3, -0.25) is 9.59 Å². The molecule has 0 fully saturated rings. The van der Waals surface area contributed by atoms with E-state index in [2.05, 4.69) is 10.3 Å². The van der Waals surface area contributed by atoms with Crippen molar-refractivity contribution in [3.63, 3.8) is 0 Å². The molecule has 0 spiro atoms. The van der Waals surface area contributed by atoms with Gasteiger partial charge in [0.2, 0.25) is 5.91 Å². The SMILES string of the molecule is CC(=O)N[C@@H](CSc1cc2ccccc2c(=O)[nH]1)C(=O)O. The number of carboxylic acids is 1. The van der Waals surface area contributed by atoms with Crippen molar-refractivity contribution in [3.8, 4) is 0 Å². The fourth-order valence-electron chi connectivity index (χ4n) is 1.86. The molecule has 0 aliphatic rings. The lowest BCUT2D eigenvalue weighted by Gasteiger charge is -2.12. The first kappa shape index (κ1) is 15.1. The second-order valence-corrected chi connectivity index (χ2v) is 5.51. The number of thioether (sulfide) groups is 1. The number of fused-ring (bicyclic) bond motifs is 1. The minimum absolute atomic E-state index is 0.128. The molecular formula is C14H14N2O4S. The highest BCUT2D eigenvalue weighted by Gasteiger charge is 2.18. The lowest BCUT2D eigenvalue weighted by molar-refractivity contribution is -0.140. The van der Waals surface area contributed by atoms with E-state index >= 15 is 0 Å². The van der Waals surface area contributed by atoms with Gasteiger partial charge in [0.15, 0.2) is 0 Å². The van der Waals surface area contributed by atoms with Crippen LogP contribution in [0.2, 0.25) is 0 Å². The van der Waals surface area contributed by atoms with Gasteiger partial charge >= 0.3 is 5.97 Å². The van der Waals surface area contributed by atoms with Gasteiger partial charge in [0.05, 0.1) is 5.03 Å². The first-order valence-corrected chi connectivity index (χ1v) is 7.20. The highest BCUT2D eigenvalue weighted by atomic mass is 32.2. The molecule has 0 aliphatic heterocycles. The minimum atomic E-state index is -1.11. The standard InChI is InChI=1S/C14H14N2O4S/c1-8(17)15-11(14(19)20)7-21-12-6-9-4-2-3-5-10(9)13(18)16-12/h2-6,11H,7H2,1H3,(H,15,17)(H,16,18)(H,19,20)/t11-/m0/s1. The van der Waals surface area contributed by atoms with Crippen LogP contribution < -0.4 is 10.9 Å². The zero-order chi connectivity index (χ0) is 15.4. The number of aromatic nitrogens is 1. The Kier molecular flexibility index (Phi) is 4.64. The van der Waals surface area contributed by atoms with Crippen molar-refractivity contribution in [3.05, 3.63) is 40.7 Å². The van der Waals surface area contributed by atoms with Gasteiger partial charge < -0.3 is 15.4 Å². The number of benzene rings is 1. The number of carbonyl (C=O) groups is 2. The van der Waals surface area contributed by atoms with Crippen LogP contribution in [0.25, 0.3) is 10.8 Å². The van der Waals surface area contributed by atoms with Crippen LogP contribution in [-0.2, 0) is 9.59 Å².